The molecule has 0 spiro atoms. The average Bonchev–Trinajstić information content (AvgIpc) is 2.65. The zero-order chi connectivity index (χ0) is 18.4. The minimum Gasteiger partial charge on any atom is -0.339 e. The molecule has 0 radical (unpaired) electrons. The lowest BCUT2D eigenvalue weighted by Crippen LogP contribution is -2.49. The maximum absolute atomic E-state index is 12.4. The summed E-state index contributed by atoms with van der Waals surface area (Å²) in [7, 11) is 0. The van der Waals surface area contributed by atoms with Gasteiger partial charge in [-0.15, -0.1) is 0 Å². The zero-order valence-electron chi connectivity index (χ0n) is 15.0. The molecule has 136 valence electrons. The highest BCUT2D eigenvalue weighted by Crippen LogP contribution is 2.05. The van der Waals surface area contributed by atoms with Crippen molar-refractivity contribution < 1.29 is 4.79 Å². The van der Waals surface area contributed by atoms with Gasteiger partial charge in [-0.3, -0.25) is 19.1 Å². The molecule has 0 bridgehead atoms. The van der Waals surface area contributed by atoms with Gasteiger partial charge in [0.2, 0.25) is 5.91 Å². The van der Waals surface area contributed by atoms with Gasteiger partial charge in [-0.25, -0.2) is 4.98 Å². The van der Waals surface area contributed by atoms with Crippen LogP contribution in [0.2, 0.25) is 0 Å². The van der Waals surface area contributed by atoms with Gasteiger partial charge in [0, 0.05) is 44.5 Å². The van der Waals surface area contributed by atoms with Crippen molar-refractivity contribution in [1.29, 1.82) is 0 Å². The van der Waals surface area contributed by atoms with E-state index in [1.807, 2.05) is 23.1 Å². The van der Waals surface area contributed by atoms with E-state index >= 15 is 0 Å². The molecular formula is C20H24N4O2. The first-order chi connectivity index (χ1) is 12.6. The summed E-state index contributed by atoms with van der Waals surface area (Å²) in [5.74, 6) is -0.0303. The Morgan fingerprint density at radius 3 is 2.58 bits per heavy atom. The smallest absolute Gasteiger partial charge is 0.253 e. The van der Waals surface area contributed by atoms with E-state index in [1.165, 1.54) is 22.5 Å². The van der Waals surface area contributed by atoms with Gasteiger partial charge in [-0.05, 0) is 12.5 Å². The minimum atomic E-state index is -0.185. The summed E-state index contributed by atoms with van der Waals surface area (Å²) in [6.45, 7) is 5.74. The summed E-state index contributed by atoms with van der Waals surface area (Å²) >= 11 is 0. The van der Waals surface area contributed by atoms with E-state index < -0.39 is 0 Å². The summed E-state index contributed by atoms with van der Waals surface area (Å²) in [6.07, 6.45) is 5.72. The number of benzene rings is 1. The van der Waals surface area contributed by atoms with Crippen molar-refractivity contribution >= 4 is 12.0 Å². The first-order valence-electron chi connectivity index (χ1n) is 8.86. The highest BCUT2D eigenvalue weighted by molar-refractivity contribution is 5.76. The van der Waals surface area contributed by atoms with E-state index in [0.29, 0.717) is 18.8 Å². The maximum Gasteiger partial charge on any atom is 0.253 e. The third kappa shape index (κ3) is 4.89. The fourth-order valence-electron chi connectivity index (χ4n) is 2.96. The second-order valence-corrected chi connectivity index (χ2v) is 6.49. The van der Waals surface area contributed by atoms with Gasteiger partial charge in [-0.2, -0.15) is 0 Å². The fraction of sp³-hybridized carbons (Fsp3) is 0.350. The number of aromatic nitrogens is 2. The van der Waals surface area contributed by atoms with Gasteiger partial charge in [-0.1, -0.05) is 42.5 Å². The van der Waals surface area contributed by atoms with Crippen LogP contribution in [0.5, 0.6) is 0 Å². The van der Waals surface area contributed by atoms with E-state index in [-0.39, 0.29) is 18.0 Å². The second-order valence-electron chi connectivity index (χ2n) is 6.49. The normalized spacial score (nSPS) is 15.5. The Labute approximate surface area is 153 Å². The number of piperazine rings is 1. The first kappa shape index (κ1) is 18.1. The highest BCUT2D eigenvalue weighted by atomic mass is 16.2. The number of carbonyl (C=O) groups is 1. The third-order valence-corrected chi connectivity index (χ3v) is 4.52. The van der Waals surface area contributed by atoms with Gasteiger partial charge < -0.3 is 4.90 Å². The lowest BCUT2D eigenvalue weighted by Gasteiger charge is -2.34. The molecule has 1 aliphatic rings. The Hall–Kier alpha value is -2.73. The zero-order valence-corrected chi connectivity index (χ0v) is 15.0. The number of amides is 1. The molecule has 0 N–H and O–H groups in total. The van der Waals surface area contributed by atoms with Gasteiger partial charge in [0.1, 0.15) is 6.54 Å². The third-order valence-electron chi connectivity index (χ3n) is 4.52. The molecule has 2 aromatic rings. The van der Waals surface area contributed by atoms with Crippen molar-refractivity contribution in [2.75, 3.05) is 32.7 Å². The van der Waals surface area contributed by atoms with Crippen LogP contribution >= 0.6 is 0 Å². The van der Waals surface area contributed by atoms with Crippen LogP contribution in [-0.4, -0.2) is 58.0 Å². The van der Waals surface area contributed by atoms with Crippen LogP contribution in [0.1, 0.15) is 11.3 Å². The van der Waals surface area contributed by atoms with Gasteiger partial charge in [0.15, 0.2) is 0 Å². The van der Waals surface area contributed by atoms with E-state index in [1.54, 1.807) is 6.92 Å². The lowest BCUT2D eigenvalue weighted by atomic mass is 10.2. The Balaban J connectivity index is 1.46. The molecule has 0 aliphatic carbocycles. The molecule has 1 saturated heterocycles. The average molecular weight is 352 g/mol. The van der Waals surface area contributed by atoms with Crippen LogP contribution in [0.3, 0.4) is 0 Å². The predicted octanol–water partition coefficient (Wildman–Crippen LogP) is 1.41. The largest absolute Gasteiger partial charge is 0.339 e. The number of rotatable bonds is 5. The summed E-state index contributed by atoms with van der Waals surface area (Å²) < 4.78 is 1.37. The molecule has 2 heterocycles. The second kappa shape index (κ2) is 8.58. The number of hydrogen-bond donors (Lipinski definition) is 0. The van der Waals surface area contributed by atoms with E-state index in [9.17, 15) is 9.59 Å². The highest BCUT2D eigenvalue weighted by Gasteiger charge is 2.20. The first-order valence-corrected chi connectivity index (χ1v) is 8.86. The fourth-order valence-corrected chi connectivity index (χ4v) is 2.96. The molecule has 1 fully saturated rings. The molecule has 1 aromatic heterocycles. The lowest BCUT2D eigenvalue weighted by molar-refractivity contribution is -0.133. The van der Waals surface area contributed by atoms with Crippen LogP contribution < -0.4 is 5.56 Å². The van der Waals surface area contributed by atoms with E-state index in [4.69, 9.17) is 0 Å². The number of carbonyl (C=O) groups excluding carboxylic acids is 1. The monoisotopic (exact) mass is 352 g/mol. The summed E-state index contributed by atoms with van der Waals surface area (Å²) in [5.41, 5.74) is 1.67. The van der Waals surface area contributed by atoms with Crippen molar-refractivity contribution in [3.8, 4) is 0 Å². The molecule has 0 saturated carbocycles. The molecular weight excluding hydrogens is 328 g/mol. The quantitative estimate of drug-likeness (QED) is 0.816. The Morgan fingerprint density at radius 1 is 1.15 bits per heavy atom. The van der Waals surface area contributed by atoms with E-state index in [0.717, 1.165) is 19.6 Å². The van der Waals surface area contributed by atoms with Crippen molar-refractivity contribution in [3.05, 3.63) is 70.4 Å². The Kier molecular flexibility index (Phi) is 5.96. The van der Waals surface area contributed by atoms with Crippen molar-refractivity contribution in [3.63, 3.8) is 0 Å². The predicted molar refractivity (Wildman–Crippen MR) is 102 cm³/mol. The van der Waals surface area contributed by atoms with Gasteiger partial charge in [0.25, 0.3) is 5.56 Å². The van der Waals surface area contributed by atoms with Crippen molar-refractivity contribution in [2.24, 2.45) is 0 Å². The molecule has 26 heavy (non-hydrogen) atoms. The van der Waals surface area contributed by atoms with Crippen LogP contribution in [0.4, 0.5) is 0 Å². The van der Waals surface area contributed by atoms with E-state index in [2.05, 4.69) is 34.2 Å². The number of nitrogens with zero attached hydrogens (tertiary/aromatic N) is 4. The van der Waals surface area contributed by atoms with Crippen molar-refractivity contribution in [2.45, 2.75) is 13.5 Å². The topological polar surface area (TPSA) is 58.4 Å². The van der Waals surface area contributed by atoms with Crippen LogP contribution in [0.15, 0.2) is 53.6 Å². The summed E-state index contributed by atoms with van der Waals surface area (Å²) in [6, 6.07) is 11.7. The molecule has 6 nitrogen and oxygen atoms in total. The summed E-state index contributed by atoms with van der Waals surface area (Å²) in [5, 5.41) is 0. The van der Waals surface area contributed by atoms with Crippen LogP contribution in [0.25, 0.3) is 6.08 Å². The van der Waals surface area contributed by atoms with Gasteiger partial charge >= 0.3 is 0 Å². The molecule has 0 atom stereocenters. The Morgan fingerprint density at radius 2 is 1.88 bits per heavy atom. The SMILES string of the molecule is Cc1cc(=O)n(CC(=O)N2CCN(C/C=C/c3ccccc3)CC2)cn1. The molecule has 1 amide bonds. The Bertz CT molecular complexity index is 821. The summed E-state index contributed by atoms with van der Waals surface area (Å²) in [4.78, 5) is 32.5. The number of hydrogen-bond acceptors (Lipinski definition) is 4. The molecule has 3 rings (SSSR count). The van der Waals surface area contributed by atoms with Crippen molar-refractivity contribution in [1.82, 2.24) is 19.4 Å². The maximum atomic E-state index is 12.4. The number of aryl methyl sites for hydroxylation is 1. The standard InChI is InChI=1S/C20H24N4O2/c1-17-14-19(25)24(16-21-17)15-20(26)23-12-10-22(11-13-23)9-5-8-18-6-3-2-4-7-18/h2-8,14,16H,9-13,15H2,1H3/b8-5+. The molecule has 6 heteroatoms. The minimum absolute atomic E-state index is 0.0303. The molecule has 1 aromatic carbocycles. The molecule has 1 aliphatic heterocycles. The van der Waals surface area contributed by atoms with Crippen LogP contribution in [-0.2, 0) is 11.3 Å². The van der Waals surface area contributed by atoms with Crippen LogP contribution in [0, 0.1) is 6.92 Å². The van der Waals surface area contributed by atoms with Gasteiger partial charge in [0.05, 0.1) is 6.33 Å². The molecule has 0 unspecified atom stereocenters.